The molecule has 0 saturated heterocycles. The van der Waals surface area contributed by atoms with Gasteiger partial charge in [-0.2, -0.15) is 0 Å². The Balaban J connectivity index is 1.52. The predicted molar refractivity (Wildman–Crippen MR) is 109 cm³/mol. The molecule has 0 radical (unpaired) electrons. The van der Waals surface area contributed by atoms with Crippen LogP contribution in [0.5, 0.6) is 0 Å². The van der Waals surface area contributed by atoms with Crippen LogP contribution in [0.25, 0.3) is 0 Å². The van der Waals surface area contributed by atoms with Crippen molar-refractivity contribution in [1.29, 1.82) is 0 Å². The van der Waals surface area contributed by atoms with Gasteiger partial charge in [-0.05, 0) is 30.7 Å². The first kappa shape index (κ1) is 18.7. The lowest BCUT2D eigenvalue weighted by Gasteiger charge is -2.10. The first-order chi connectivity index (χ1) is 12.6. The molecule has 0 bridgehead atoms. The van der Waals surface area contributed by atoms with Gasteiger partial charge in [0.25, 0.3) is 0 Å². The van der Waals surface area contributed by atoms with Gasteiger partial charge in [-0.25, -0.2) is 0 Å². The minimum Gasteiger partial charge on any atom is -0.356 e. The van der Waals surface area contributed by atoms with Crippen LogP contribution >= 0.6 is 34.7 Å². The fourth-order valence-electron chi connectivity index (χ4n) is 2.12. The number of hydrogen-bond acceptors (Lipinski definition) is 6. The van der Waals surface area contributed by atoms with Gasteiger partial charge in [0.05, 0.1) is 5.25 Å². The lowest BCUT2D eigenvalue weighted by Crippen LogP contribution is -2.22. The van der Waals surface area contributed by atoms with E-state index < -0.39 is 0 Å². The summed E-state index contributed by atoms with van der Waals surface area (Å²) in [5.41, 5.74) is 1.85. The molecule has 134 valence electrons. The number of aromatic nitrogens is 2. The predicted octanol–water partition coefficient (Wildman–Crippen LogP) is 4.92. The Morgan fingerprint density at radius 1 is 1.19 bits per heavy atom. The van der Waals surface area contributed by atoms with Crippen LogP contribution in [0, 0.1) is 0 Å². The zero-order valence-electron chi connectivity index (χ0n) is 14.0. The van der Waals surface area contributed by atoms with Gasteiger partial charge in [-0.15, -0.1) is 10.2 Å². The van der Waals surface area contributed by atoms with E-state index in [1.54, 1.807) is 24.3 Å². The maximum Gasteiger partial charge on any atom is 0.237 e. The highest BCUT2D eigenvalue weighted by atomic mass is 35.5. The maximum atomic E-state index is 12.3. The second kappa shape index (κ2) is 9.02. The lowest BCUT2D eigenvalue weighted by atomic mass is 10.2. The first-order valence-electron chi connectivity index (χ1n) is 7.94. The number of halogens is 1. The van der Waals surface area contributed by atoms with Crippen LogP contribution in [0.2, 0.25) is 5.02 Å². The molecule has 0 aliphatic carbocycles. The summed E-state index contributed by atoms with van der Waals surface area (Å²) in [4.78, 5) is 12.3. The number of carbonyl (C=O) groups is 1. The number of benzene rings is 2. The summed E-state index contributed by atoms with van der Waals surface area (Å²) < 4.78 is 0.745. The number of nitrogens with zero attached hydrogens (tertiary/aromatic N) is 2. The molecular formula is C18H17ClN4OS2. The van der Waals surface area contributed by atoms with Gasteiger partial charge in [0, 0.05) is 17.3 Å². The number of anilines is 2. The van der Waals surface area contributed by atoms with Crippen molar-refractivity contribution in [2.45, 2.75) is 23.1 Å². The highest BCUT2D eigenvalue weighted by molar-refractivity contribution is 8.02. The van der Waals surface area contributed by atoms with Crippen molar-refractivity contribution in [3.05, 3.63) is 65.2 Å². The molecule has 0 fully saturated rings. The van der Waals surface area contributed by atoms with Crippen LogP contribution in [0.15, 0.2) is 58.9 Å². The summed E-state index contributed by atoms with van der Waals surface area (Å²) in [6.45, 7) is 2.52. The second-order valence-electron chi connectivity index (χ2n) is 5.47. The summed E-state index contributed by atoms with van der Waals surface area (Å²) in [6.07, 6.45) is 0. The SMILES string of the molecule is C[C@H](Sc1nnc(NCc2ccccc2)s1)C(=O)Nc1cccc(Cl)c1. The van der Waals surface area contributed by atoms with Gasteiger partial charge in [-0.1, -0.05) is 71.1 Å². The van der Waals surface area contributed by atoms with Crippen molar-refractivity contribution in [2.24, 2.45) is 0 Å². The maximum absolute atomic E-state index is 12.3. The van der Waals surface area contributed by atoms with E-state index in [1.165, 1.54) is 28.7 Å². The van der Waals surface area contributed by atoms with Crippen LogP contribution < -0.4 is 10.6 Å². The van der Waals surface area contributed by atoms with E-state index >= 15 is 0 Å². The van der Waals surface area contributed by atoms with Crippen LogP contribution in [0.3, 0.4) is 0 Å². The van der Waals surface area contributed by atoms with Crippen molar-refractivity contribution in [2.75, 3.05) is 10.6 Å². The lowest BCUT2D eigenvalue weighted by molar-refractivity contribution is -0.115. The van der Waals surface area contributed by atoms with Crippen LogP contribution in [-0.2, 0) is 11.3 Å². The summed E-state index contributed by atoms with van der Waals surface area (Å²) in [5.74, 6) is -0.105. The smallest absolute Gasteiger partial charge is 0.237 e. The van der Waals surface area contributed by atoms with Crippen molar-refractivity contribution in [3.63, 3.8) is 0 Å². The first-order valence-corrected chi connectivity index (χ1v) is 10.0. The second-order valence-corrected chi connectivity index (χ2v) is 8.47. The number of amides is 1. The standard InChI is InChI=1S/C18H17ClN4OS2/c1-12(16(24)21-15-9-5-8-14(19)10-15)25-18-23-22-17(26-18)20-11-13-6-3-2-4-7-13/h2-10,12H,11H2,1H3,(H,20,22)(H,21,24)/t12-/m0/s1. The summed E-state index contributed by atoms with van der Waals surface area (Å²) >= 11 is 8.75. The van der Waals surface area contributed by atoms with E-state index in [4.69, 9.17) is 11.6 Å². The van der Waals surface area contributed by atoms with E-state index in [9.17, 15) is 4.79 Å². The molecule has 1 heterocycles. The Morgan fingerprint density at radius 3 is 2.77 bits per heavy atom. The van der Waals surface area contributed by atoms with E-state index in [0.29, 0.717) is 17.3 Å². The molecule has 1 amide bonds. The fraction of sp³-hybridized carbons (Fsp3) is 0.167. The molecule has 3 rings (SSSR count). The molecule has 1 atom stereocenters. The molecule has 0 spiro atoms. The number of thioether (sulfide) groups is 1. The van der Waals surface area contributed by atoms with Gasteiger partial charge < -0.3 is 10.6 Å². The zero-order chi connectivity index (χ0) is 18.4. The minimum atomic E-state index is -0.302. The monoisotopic (exact) mass is 404 g/mol. The van der Waals surface area contributed by atoms with E-state index in [1.807, 2.05) is 37.3 Å². The summed E-state index contributed by atoms with van der Waals surface area (Å²) in [7, 11) is 0. The number of carbonyl (C=O) groups excluding carboxylic acids is 1. The molecule has 2 aromatic carbocycles. The summed E-state index contributed by atoms with van der Waals surface area (Å²) in [6, 6.07) is 17.2. The molecule has 3 aromatic rings. The van der Waals surface area contributed by atoms with Gasteiger partial charge >= 0.3 is 0 Å². The molecule has 0 saturated carbocycles. The molecular weight excluding hydrogens is 388 g/mol. The quantitative estimate of drug-likeness (QED) is 0.547. The molecule has 0 unspecified atom stereocenters. The number of hydrogen-bond donors (Lipinski definition) is 2. The third-order valence-corrected chi connectivity index (χ3v) is 5.73. The Kier molecular flexibility index (Phi) is 6.49. The molecule has 8 heteroatoms. The Hall–Kier alpha value is -2.09. The largest absolute Gasteiger partial charge is 0.356 e. The molecule has 5 nitrogen and oxygen atoms in total. The molecule has 26 heavy (non-hydrogen) atoms. The third-order valence-electron chi connectivity index (χ3n) is 3.43. The average Bonchev–Trinajstić information content (AvgIpc) is 3.08. The van der Waals surface area contributed by atoms with Crippen LogP contribution in [-0.4, -0.2) is 21.4 Å². The van der Waals surface area contributed by atoms with E-state index in [2.05, 4.69) is 20.8 Å². The third kappa shape index (κ3) is 5.45. The van der Waals surface area contributed by atoms with Crippen molar-refractivity contribution in [1.82, 2.24) is 10.2 Å². The van der Waals surface area contributed by atoms with Crippen LogP contribution in [0.4, 0.5) is 10.8 Å². The highest BCUT2D eigenvalue weighted by Crippen LogP contribution is 2.29. The molecule has 1 aromatic heterocycles. The van der Waals surface area contributed by atoms with Crippen LogP contribution in [0.1, 0.15) is 12.5 Å². The minimum absolute atomic E-state index is 0.105. The van der Waals surface area contributed by atoms with Crippen molar-refractivity contribution >= 4 is 51.4 Å². The van der Waals surface area contributed by atoms with Gasteiger partial charge in [0.2, 0.25) is 11.0 Å². The highest BCUT2D eigenvalue weighted by Gasteiger charge is 2.17. The van der Waals surface area contributed by atoms with E-state index in [0.717, 1.165) is 9.47 Å². The average molecular weight is 405 g/mol. The Morgan fingerprint density at radius 2 is 2.00 bits per heavy atom. The van der Waals surface area contributed by atoms with Gasteiger partial charge in [0.1, 0.15) is 0 Å². The molecule has 2 N–H and O–H groups in total. The van der Waals surface area contributed by atoms with Crippen molar-refractivity contribution < 1.29 is 4.79 Å². The number of rotatable bonds is 7. The molecule has 0 aliphatic rings. The van der Waals surface area contributed by atoms with Gasteiger partial charge in [0.15, 0.2) is 4.34 Å². The molecule has 0 aliphatic heterocycles. The topological polar surface area (TPSA) is 66.9 Å². The Bertz CT molecular complexity index is 872. The normalized spacial score (nSPS) is 11.8. The van der Waals surface area contributed by atoms with E-state index in [-0.39, 0.29) is 11.2 Å². The van der Waals surface area contributed by atoms with Crippen molar-refractivity contribution in [3.8, 4) is 0 Å². The number of nitrogens with one attached hydrogen (secondary N) is 2. The van der Waals surface area contributed by atoms with Gasteiger partial charge in [-0.3, -0.25) is 4.79 Å². The zero-order valence-corrected chi connectivity index (χ0v) is 16.4. The summed E-state index contributed by atoms with van der Waals surface area (Å²) in [5, 5.41) is 15.4. The fourth-order valence-corrected chi connectivity index (χ4v) is 4.20. The Labute approximate surface area is 165 Å².